The van der Waals surface area contributed by atoms with Crippen LogP contribution in [0.25, 0.3) is 0 Å². The minimum Gasteiger partial charge on any atom is -0.349 e. The number of hydrogen-bond donors (Lipinski definition) is 2. The topological polar surface area (TPSA) is 61.4 Å². The Labute approximate surface area is 168 Å². The summed E-state index contributed by atoms with van der Waals surface area (Å²) in [7, 11) is 0. The number of thiophene rings is 1. The van der Waals surface area contributed by atoms with E-state index in [4.69, 9.17) is 0 Å². The summed E-state index contributed by atoms with van der Waals surface area (Å²) >= 11 is 1.50. The number of piperidine rings is 1. The molecule has 3 rings (SSSR count). The van der Waals surface area contributed by atoms with Crippen LogP contribution in [0.1, 0.15) is 45.9 Å². The Bertz CT molecular complexity index is 813. The van der Waals surface area contributed by atoms with Crippen LogP contribution in [0.4, 0.5) is 4.39 Å². The lowest BCUT2D eigenvalue weighted by molar-refractivity contribution is -0.123. The van der Waals surface area contributed by atoms with Crippen molar-refractivity contribution in [3.63, 3.8) is 0 Å². The zero-order valence-electron chi connectivity index (χ0n) is 16.2. The molecule has 150 valence electrons. The molecule has 7 heteroatoms. The van der Waals surface area contributed by atoms with Crippen LogP contribution in [0.3, 0.4) is 0 Å². The molecule has 0 radical (unpaired) electrons. The van der Waals surface area contributed by atoms with Gasteiger partial charge >= 0.3 is 0 Å². The Morgan fingerprint density at radius 1 is 1.18 bits per heavy atom. The van der Waals surface area contributed by atoms with Gasteiger partial charge in [0.1, 0.15) is 5.82 Å². The molecule has 0 saturated carbocycles. The first-order chi connectivity index (χ1) is 13.4. The van der Waals surface area contributed by atoms with Crippen LogP contribution in [-0.2, 0) is 4.79 Å². The molecule has 1 aromatic heterocycles. The third kappa shape index (κ3) is 5.62. The van der Waals surface area contributed by atoms with Gasteiger partial charge in [-0.05, 0) is 56.5 Å². The Hall–Kier alpha value is -2.25. The van der Waals surface area contributed by atoms with Gasteiger partial charge in [0.2, 0.25) is 5.91 Å². The van der Waals surface area contributed by atoms with Gasteiger partial charge in [-0.3, -0.25) is 14.5 Å². The van der Waals surface area contributed by atoms with Crippen LogP contribution in [0, 0.1) is 12.7 Å². The lowest BCUT2D eigenvalue weighted by Crippen LogP contribution is -2.47. The normalized spacial score (nSPS) is 16.5. The van der Waals surface area contributed by atoms with E-state index < -0.39 is 0 Å². The number of aryl methyl sites for hydroxylation is 1. The minimum atomic E-state index is -0.286. The van der Waals surface area contributed by atoms with E-state index in [0.29, 0.717) is 6.54 Å². The summed E-state index contributed by atoms with van der Waals surface area (Å²) in [5.74, 6) is -0.345. The molecule has 2 heterocycles. The Morgan fingerprint density at radius 2 is 1.86 bits per heavy atom. The lowest BCUT2D eigenvalue weighted by Gasteiger charge is -2.32. The van der Waals surface area contributed by atoms with Crippen LogP contribution in [0.2, 0.25) is 0 Å². The molecular formula is C21H26FN3O2S. The summed E-state index contributed by atoms with van der Waals surface area (Å²) in [5, 5.41) is 6.05. The van der Waals surface area contributed by atoms with Gasteiger partial charge in [-0.15, -0.1) is 11.3 Å². The summed E-state index contributed by atoms with van der Waals surface area (Å²) in [4.78, 5) is 28.5. The number of nitrogens with one attached hydrogen (secondary N) is 2. The fourth-order valence-corrected chi connectivity index (χ4v) is 4.14. The Balaban J connectivity index is 1.40. The van der Waals surface area contributed by atoms with Gasteiger partial charge < -0.3 is 10.6 Å². The molecule has 2 N–H and O–H groups in total. The monoisotopic (exact) mass is 403 g/mol. The summed E-state index contributed by atoms with van der Waals surface area (Å²) in [6.45, 7) is 5.75. The molecule has 1 atom stereocenters. The van der Waals surface area contributed by atoms with E-state index in [-0.39, 0.29) is 29.7 Å². The number of carbonyl (C=O) groups excluding carboxylic acids is 2. The molecule has 28 heavy (non-hydrogen) atoms. The van der Waals surface area contributed by atoms with E-state index in [1.54, 1.807) is 12.1 Å². The van der Waals surface area contributed by atoms with E-state index in [9.17, 15) is 14.0 Å². The zero-order valence-corrected chi connectivity index (χ0v) is 17.0. The fourth-order valence-electron chi connectivity index (χ4n) is 3.37. The predicted octanol–water partition coefficient (Wildman–Crippen LogP) is 3.27. The second kappa shape index (κ2) is 9.30. The van der Waals surface area contributed by atoms with Crippen LogP contribution < -0.4 is 10.6 Å². The van der Waals surface area contributed by atoms with Crippen molar-refractivity contribution < 1.29 is 14.0 Å². The highest BCUT2D eigenvalue weighted by Crippen LogP contribution is 2.17. The molecular weight excluding hydrogens is 377 g/mol. The molecule has 2 aromatic rings. The summed E-state index contributed by atoms with van der Waals surface area (Å²) in [5.41, 5.74) is 0.875. The van der Waals surface area contributed by atoms with Crippen LogP contribution >= 0.6 is 11.3 Å². The van der Waals surface area contributed by atoms with Gasteiger partial charge in [-0.25, -0.2) is 4.39 Å². The highest BCUT2D eigenvalue weighted by molar-refractivity contribution is 7.13. The Kier molecular flexibility index (Phi) is 6.80. The zero-order chi connectivity index (χ0) is 20.1. The molecule has 1 saturated heterocycles. The maximum absolute atomic E-state index is 13.0. The SMILES string of the molecule is Cc1ccc(C(=O)NC2CCN(CC(=O)NC(C)c3ccc(F)cc3)CC2)s1. The number of carbonyl (C=O) groups is 2. The molecule has 1 aliphatic heterocycles. The van der Waals surface area contributed by atoms with Gasteiger partial charge in [0, 0.05) is 24.0 Å². The second-order valence-corrected chi connectivity index (χ2v) is 8.56. The van der Waals surface area contributed by atoms with Crippen molar-refractivity contribution in [1.82, 2.24) is 15.5 Å². The lowest BCUT2D eigenvalue weighted by atomic mass is 10.0. The van der Waals surface area contributed by atoms with E-state index >= 15 is 0 Å². The van der Waals surface area contributed by atoms with Crippen molar-refractivity contribution in [3.05, 3.63) is 57.5 Å². The predicted molar refractivity (Wildman–Crippen MR) is 109 cm³/mol. The number of likely N-dealkylation sites (tertiary alicyclic amines) is 1. The molecule has 0 bridgehead atoms. The number of halogens is 1. The van der Waals surface area contributed by atoms with Crippen LogP contribution in [0.15, 0.2) is 36.4 Å². The van der Waals surface area contributed by atoms with Crippen molar-refractivity contribution in [3.8, 4) is 0 Å². The van der Waals surface area contributed by atoms with Gasteiger partial charge in [0.05, 0.1) is 17.5 Å². The van der Waals surface area contributed by atoms with E-state index in [2.05, 4.69) is 15.5 Å². The molecule has 0 spiro atoms. The van der Waals surface area contributed by atoms with Gasteiger partial charge in [-0.2, -0.15) is 0 Å². The van der Waals surface area contributed by atoms with Crippen LogP contribution in [-0.4, -0.2) is 42.4 Å². The van der Waals surface area contributed by atoms with Crippen molar-refractivity contribution in [1.29, 1.82) is 0 Å². The first-order valence-corrected chi connectivity index (χ1v) is 10.4. The van der Waals surface area contributed by atoms with Gasteiger partial charge in [-0.1, -0.05) is 12.1 Å². The second-order valence-electron chi connectivity index (χ2n) is 7.27. The van der Waals surface area contributed by atoms with E-state index in [1.807, 2.05) is 26.0 Å². The summed E-state index contributed by atoms with van der Waals surface area (Å²) in [6.07, 6.45) is 1.66. The van der Waals surface area contributed by atoms with Crippen LogP contribution in [0.5, 0.6) is 0 Å². The highest BCUT2D eigenvalue weighted by atomic mass is 32.1. The third-order valence-electron chi connectivity index (χ3n) is 5.00. The summed E-state index contributed by atoms with van der Waals surface area (Å²) in [6, 6.07) is 9.95. The molecule has 0 aliphatic carbocycles. The minimum absolute atomic E-state index is 0.0117. The van der Waals surface area contributed by atoms with Crippen molar-refractivity contribution >= 4 is 23.2 Å². The third-order valence-corrected chi connectivity index (χ3v) is 6.00. The van der Waals surface area contributed by atoms with Crippen molar-refractivity contribution in [2.45, 2.75) is 38.8 Å². The van der Waals surface area contributed by atoms with Crippen molar-refractivity contribution in [2.24, 2.45) is 0 Å². The smallest absolute Gasteiger partial charge is 0.261 e. The highest BCUT2D eigenvalue weighted by Gasteiger charge is 2.23. The quantitative estimate of drug-likeness (QED) is 0.778. The molecule has 1 aliphatic rings. The average Bonchev–Trinajstić information content (AvgIpc) is 3.10. The molecule has 2 amide bonds. The first kappa shape index (κ1) is 20.5. The van der Waals surface area contributed by atoms with Gasteiger partial charge in [0.25, 0.3) is 5.91 Å². The number of hydrogen-bond acceptors (Lipinski definition) is 4. The van der Waals surface area contributed by atoms with E-state index in [0.717, 1.165) is 41.2 Å². The standard InChI is InChI=1S/C21H26FN3O2S/c1-14-3-8-19(28-14)21(27)24-18-9-11-25(12-10-18)13-20(26)23-15(2)16-4-6-17(22)7-5-16/h3-8,15,18H,9-13H2,1-2H3,(H,23,26)(H,24,27). The maximum atomic E-state index is 13.0. The maximum Gasteiger partial charge on any atom is 0.261 e. The number of rotatable bonds is 6. The van der Waals surface area contributed by atoms with Crippen molar-refractivity contribution in [2.75, 3.05) is 19.6 Å². The number of amides is 2. The summed E-state index contributed by atoms with van der Waals surface area (Å²) < 4.78 is 13.0. The molecule has 1 fully saturated rings. The largest absolute Gasteiger partial charge is 0.349 e. The molecule has 1 aromatic carbocycles. The molecule has 5 nitrogen and oxygen atoms in total. The average molecular weight is 404 g/mol. The van der Waals surface area contributed by atoms with Gasteiger partial charge in [0.15, 0.2) is 0 Å². The molecule has 1 unspecified atom stereocenters. The fraction of sp³-hybridized carbons (Fsp3) is 0.429. The number of nitrogens with zero attached hydrogens (tertiary/aromatic N) is 1. The first-order valence-electron chi connectivity index (χ1n) is 9.55. The van der Waals surface area contributed by atoms with E-state index in [1.165, 1.54) is 23.5 Å². The number of benzene rings is 1. The Morgan fingerprint density at radius 3 is 2.46 bits per heavy atom.